The second-order valence-electron chi connectivity index (χ2n) is 6.10. The van der Waals surface area contributed by atoms with Crippen LogP contribution < -0.4 is 15.4 Å². The van der Waals surface area contributed by atoms with Gasteiger partial charge < -0.3 is 15.4 Å². The van der Waals surface area contributed by atoms with E-state index in [4.69, 9.17) is 10.5 Å². The minimum atomic E-state index is 0.126. The molecule has 0 saturated heterocycles. The van der Waals surface area contributed by atoms with Crippen LogP contribution >= 0.6 is 0 Å². The van der Waals surface area contributed by atoms with Crippen LogP contribution in [-0.4, -0.2) is 26.2 Å². The summed E-state index contributed by atoms with van der Waals surface area (Å²) in [6.07, 6.45) is 2.38. The van der Waals surface area contributed by atoms with Crippen molar-refractivity contribution >= 4 is 5.69 Å². The molecule has 2 N–H and O–H groups in total. The molecule has 2 rings (SSSR count). The Labute approximate surface area is 116 Å². The van der Waals surface area contributed by atoms with Gasteiger partial charge in [0.25, 0.3) is 0 Å². The first kappa shape index (κ1) is 14.2. The Hall–Kier alpha value is -1.22. The largest absolute Gasteiger partial charge is 0.497 e. The van der Waals surface area contributed by atoms with E-state index in [0.717, 1.165) is 17.6 Å². The molecule has 1 aliphatic rings. The maximum Gasteiger partial charge on any atom is 0.120 e. The van der Waals surface area contributed by atoms with Crippen molar-refractivity contribution in [3.63, 3.8) is 0 Å². The van der Waals surface area contributed by atoms with Gasteiger partial charge in [-0.05, 0) is 36.8 Å². The smallest absolute Gasteiger partial charge is 0.120 e. The number of ether oxygens (including phenoxy) is 1. The Bertz CT molecular complexity index is 425. The minimum absolute atomic E-state index is 0.126. The van der Waals surface area contributed by atoms with E-state index in [1.165, 1.54) is 18.5 Å². The van der Waals surface area contributed by atoms with Gasteiger partial charge in [0, 0.05) is 25.3 Å². The minimum Gasteiger partial charge on any atom is -0.497 e. The summed E-state index contributed by atoms with van der Waals surface area (Å²) in [6.45, 7) is 5.32. The molecule has 106 valence electrons. The summed E-state index contributed by atoms with van der Waals surface area (Å²) >= 11 is 0. The lowest BCUT2D eigenvalue weighted by molar-refractivity contribution is 0.107. The highest BCUT2D eigenvalue weighted by atomic mass is 16.5. The first-order chi connectivity index (χ1) is 9.02. The van der Waals surface area contributed by atoms with Crippen LogP contribution in [0, 0.1) is 11.8 Å². The molecule has 19 heavy (non-hydrogen) atoms. The zero-order chi connectivity index (χ0) is 14.0. The molecule has 0 spiro atoms. The molecule has 1 aromatic rings. The average Bonchev–Trinajstić information content (AvgIpc) is 2.37. The van der Waals surface area contributed by atoms with E-state index in [9.17, 15) is 0 Å². The van der Waals surface area contributed by atoms with Gasteiger partial charge in [0.15, 0.2) is 0 Å². The van der Waals surface area contributed by atoms with Gasteiger partial charge in [0.05, 0.1) is 12.6 Å². The molecule has 0 radical (unpaired) electrons. The average molecular weight is 262 g/mol. The van der Waals surface area contributed by atoms with Gasteiger partial charge in [0.2, 0.25) is 0 Å². The van der Waals surface area contributed by atoms with Gasteiger partial charge in [-0.3, -0.25) is 0 Å². The van der Waals surface area contributed by atoms with Gasteiger partial charge in [-0.2, -0.15) is 0 Å². The van der Waals surface area contributed by atoms with Crippen molar-refractivity contribution in [3.8, 4) is 5.75 Å². The lowest BCUT2D eigenvalue weighted by Crippen LogP contribution is -2.61. The van der Waals surface area contributed by atoms with Gasteiger partial charge in [-0.15, -0.1) is 0 Å². The molecule has 3 heteroatoms. The van der Waals surface area contributed by atoms with Crippen LogP contribution in [0.1, 0.15) is 26.7 Å². The van der Waals surface area contributed by atoms with E-state index >= 15 is 0 Å². The fourth-order valence-electron chi connectivity index (χ4n) is 3.06. The Morgan fingerprint density at radius 1 is 1.42 bits per heavy atom. The SMILES string of the molecule is COc1cccc(N(C)C2(CN)CC(C(C)C)C2)c1. The summed E-state index contributed by atoms with van der Waals surface area (Å²) < 4.78 is 5.30. The number of methoxy groups -OCH3 is 1. The number of hydrogen-bond acceptors (Lipinski definition) is 3. The molecule has 1 aliphatic carbocycles. The van der Waals surface area contributed by atoms with Crippen molar-refractivity contribution in [2.45, 2.75) is 32.2 Å². The lowest BCUT2D eigenvalue weighted by atomic mass is 9.63. The monoisotopic (exact) mass is 262 g/mol. The van der Waals surface area contributed by atoms with E-state index in [1.807, 2.05) is 12.1 Å². The highest BCUT2D eigenvalue weighted by Crippen LogP contribution is 2.46. The fraction of sp³-hybridized carbons (Fsp3) is 0.625. The van der Waals surface area contributed by atoms with Crippen LogP contribution in [0.5, 0.6) is 5.75 Å². The Balaban J connectivity index is 2.15. The van der Waals surface area contributed by atoms with E-state index in [-0.39, 0.29) is 5.54 Å². The molecule has 1 saturated carbocycles. The van der Waals surface area contributed by atoms with Crippen LogP contribution in [-0.2, 0) is 0 Å². The fourth-order valence-corrected chi connectivity index (χ4v) is 3.06. The van der Waals surface area contributed by atoms with Gasteiger partial charge >= 0.3 is 0 Å². The Morgan fingerprint density at radius 2 is 2.11 bits per heavy atom. The molecular weight excluding hydrogens is 236 g/mol. The number of benzene rings is 1. The molecule has 0 unspecified atom stereocenters. The number of anilines is 1. The summed E-state index contributed by atoms with van der Waals surface area (Å²) in [5.41, 5.74) is 7.38. The highest BCUT2D eigenvalue weighted by Gasteiger charge is 2.47. The van der Waals surface area contributed by atoms with E-state index in [1.54, 1.807) is 7.11 Å². The number of rotatable bonds is 5. The molecule has 1 aromatic carbocycles. The van der Waals surface area contributed by atoms with Crippen LogP contribution in [0.2, 0.25) is 0 Å². The van der Waals surface area contributed by atoms with Crippen LogP contribution in [0.3, 0.4) is 0 Å². The second-order valence-corrected chi connectivity index (χ2v) is 6.10. The summed E-state index contributed by atoms with van der Waals surface area (Å²) in [5.74, 6) is 2.45. The van der Waals surface area contributed by atoms with Crippen LogP contribution in [0.25, 0.3) is 0 Å². The molecule has 0 bridgehead atoms. The molecule has 0 atom stereocenters. The number of hydrogen-bond donors (Lipinski definition) is 1. The zero-order valence-corrected chi connectivity index (χ0v) is 12.5. The Morgan fingerprint density at radius 3 is 2.63 bits per heavy atom. The molecular formula is C16H26N2O. The standard InChI is InChI=1S/C16H26N2O/c1-12(2)13-9-16(10-13,11-17)18(3)14-6-5-7-15(8-14)19-4/h5-8,12-13H,9-11,17H2,1-4H3. The maximum atomic E-state index is 6.07. The topological polar surface area (TPSA) is 38.5 Å². The van der Waals surface area contributed by atoms with Crippen LogP contribution in [0.4, 0.5) is 5.69 Å². The van der Waals surface area contributed by atoms with E-state index in [0.29, 0.717) is 6.54 Å². The van der Waals surface area contributed by atoms with Crippen molar-refractivity contribution in [1.29, 1.82) is 0 Å². The summed E-state index contributed by atoms with van der Waals surface area (Å²) in [7, 11) is 3.86. The zero-order valence-electron chi connectivity index (χ0n) is 12.5. The van der Waals surface area contributed by atoms with Gasteiger partial charge in [-0.25, -0.2) is 0 Å². The van der Waals surface area contributed by atoms with Crippen molar-refractivity contribution in [1.82, 2.24) is 0 Å². The first-order valence-electron chi connectivity index (χ1n) is 7.10. The van der Waals surface area contributed by atoms with E-state index in [2.05, 4.69) is 37.9 Å². The van der Waals surface area contributed by atoms with Crippen molar-refractivity contribution in [2.24, 2.45) is 17.6 Å². The van der Waals surface area contributed by atoms with E-state index < -0.39 is 0 Å². The third-order valence-electron chi connectivity index (χ3n) is 4.76. The quantitative estimate of drug-likeness (QED) is 0.886. The Kier molecular flexibility index (Phi) is 4.04. The maximum absolute atomic E-state index is 6.07. The molecule has 0 heterocycles. The number of nitrogens with zero attached hydrogens (tertiary/aromatic N) is 1. The predicted molar refractivity (Wildman–Crippen MR) is 80.7 cm³/mol. The number of likely N-dealkylation sites (N-methyl/N-ethyl adjacent to an activating group) is 1. The van der Waals surface area contributed by atoms with Crippen molar-refractivity contribution < 1.29 is 4.74 Å². The molecule has 0 amide bonds. The summed E-state index contributed by atoms with van der Waals surface area (Å²) in [5, 5.41) is 0. The van der Waals surface area contributed by atoms with Crippen molar-refractivity contribution in [3.05, 3.63) is 24.3 Å². The lowest BCUT2D eigenvalue weighted by Gasteiger charge is -2.55. The third-order valence-corrected chi connectivity index (χ3v) is 4.76. The van der Waals surface area contributed by atoms with Crippen LogP contribution in [0.15, 0.2) is 24.3 Å². The predicted octanol–water partition coefficient (Wildman–Crippen LogP) is 2.89. The van der Waals surface area contributed by atoms with Gasteiger partial charge in [-0.1, -0.05) is 19.9 Å². The van der Waals surface area contributed by atoms with Gasteiger partial charge in [0.1, 0.15) is 5.75 Å². The molecule has 1 fully saturated rings. The summed E-state index contributed by atoms with van der Waals surface area (Å²) in [4.78, 5) is 2.34. The summed E-state index contributed by atoms with van der Waals surface area (Å²) in [6, 6.07) is 8.22. The number of nitrogens with two attached hydrogens (primary N) is 1. The third kappa shape index (κ3) is 2.57. The highest BCUT2D eigenvalue weighted by molar-refractivity contribution is 5.53. The van der Waals surface area contributed by atoms with Crippen molar-refractivity contribution in [2.75, 3.05) is 25.6 Å². The normalized spacial score (nSPS) is 26.1. The molecule has 0 aromatic heterocycles. The molecule has 0 aliphatic heterocycles. The second kappa shape index (κ2) is 5.41. The molecule has 3 nitrogen and oxygen atoms in total. The first-order valence-corrected chi connectivity index (χ1v) is 7.10.